The minimum absolute atomic E-state index is 0.0367. The lowest BCUT2D eigenvalue weighted by atomic mass is 9.78. The lowest BCUT2D eigenvalue weighted by Crippen LogP contribution is -2.51. The summed E-state index contributed by atoms with van der Waals surface area (Å²) in [5.41, 5.74) is 2.28. The Morgan fingerprint density at radius 1 is 1.37 bits per heavy atom. The molecule has 5 atom stereocenters. The number of para-hydroxylation sites is 1. The van der Waals surface area contributed by atoms with Gasteiger partial charge in [-0.3, -0.25) is 4.79 Å². The first kappa shape index (κ1) is 15.9. The van der Waals surface area contributed by atoms with E-state index < -0.39 is 16.2 Å². The molecule has 2 saturated heterocycles. The lowest BCUT2D eigenvalue weighted by Gasteiger charge is -2.40. The number of fused-ring (bicyclic) bond motifs is 6. The van der Waals surface area contributed by atoms with Crippen LogP contribution in [0.1, 0.15) is 23.7 Å². The summed E-state index contributed by atoms with van der Waals surface area (Å²) in [5, 5.41) is 1.08. The zero-order valence-electron chi connectivity index (χ0n) is 14.6. The van der Waals surface area contributed by atoms with Gasteiger partial charge in [0.05, 0.1) is 13.0 Å². The third-order valence-electron chi connectivity index (χ3n) is 6.55. The molecule has 138 valence electrons. The van der Waals surface area contributed by atoms with Crippen LogP contribution in [0.25, 0.3) is 10.9 Å². The molecule has 4 aliphatic rings. The molecule has 1 aromatic carbocycles. The van der Waals surface area contributed by atoms with E-state index in [2.05, 4.69) is 27.0 Å². The molecule has 1 amide bonds. The second-order valence-corrected chi connectivity index (χ2v) is 9.13. The number of esters is 1. The van der Waals surface area contributed by atoms with E-state index in [0.717, 1.165) is 22.2 Å². The molecule has 2 bridgehead atoms. The number of hydrogen-bond acceptors (Lipinski definition) is 4. The van der Waals surface area contributed by atoms with Gasteiger partial charge >= 0.3 is 5.97 Å². The van der Waals surface area contributed by atoms with Crippen molar-refractivity contribution in [2.45, 2.75) is 35.0 Å². The summed E-state index contributed by atoms with van der Waals surface area (Å²) in [6, 6.07) is 7.03. The summed E-state index contributed by atoms with van der Waals surface area (Å²) in [6.45, 7) is 0. The Bertz CT molecular complexity index is 1060. The van der Waals surface area contributed by atoms with E-state index in [4.69, 9.17) is 9.47 Å². The van der Waals surface area contributed by atoms with Crippen LogP contribution in [0.4, 0.5) is 0 Å². The van der Waals surface area contributed by atoms with E-state index in [1.807, 2.05) is 30.4 Å². The summed E-state index contributed by atoms with van der Waals surface area (Å²) in [7, 11) is 1.37. The van der Waals surface area contributed by atoms with E-state index in [1.165, 1.54) is 7.11 Å². The van der Waals surface area contributed by atoms with Gasteiger partial charge in [-0.05, 0) is 39.7 Å². The number of amides is 1. The van der Waals surface area contributed by atoms with Gasteiger partial charge < -0.3 is 19.4 Å². The van der Waals surface area contributed by atoms with E-state index in [0.29, 0.717) is 12.8 Å². The molecule has 6 rings (SSSR count). The molecule has 0 saturated carbocycles. The highest BCUT2D eigenvalue weighted by Gasteiger charge is 2.72. The van der Waals surface area contributed by atoms with Gasteiger partial charge in [0, 0.05) is 29.4 Å². The Balaban J connectivity index is 1.63. The number of ether oxygens (including phenoxy) is 2. The number of benzene rings is 1. The molecule has 27 heavy (non-hydrogen) atoms. The van der Waals surface area contributed by atoms with Crippen molar-refractivity contribution >= 4 is 38.7 Å². The third kappa shape index (κ3) is 1.75. The average molecular weight is 429 g/mol. The zero-order chi connectivity index (χ0) is 18.6. The van der Waals surface area contributed by atoms with Crippen molar-refractivity contribution in [1.29, 1.82) is 0 Å². The van der Waals surface area contributed by atoms with Gasteiger partial charge in [-0.1, -0.05) is 18.2 Å². The van der Waals surface area contributed by atoms with Crippen molar-refractivity contribution in [2.75, 3.05) is 7.11 Å². The Morgan fingerprint density at radius 3 is 2.96 bits per heavy atom. The van der Waals surface area contributed by atoms with Crippen LogP contribution < -0.4 is 0 Å². The first-order chi connectivity index (χ1) is 13.0. The summed E-state index contributed by atoms with van der Waals surface area (Å²) in [6.07, 6.45) is 5.01. The minimum Gasteiger partial charge on any atom is -0.467 e. The molecular weight excluding hydrogens is 412 g/mol. The predicted octanol–water partition coefficient (Wildman–Crippen LogP) is 2.59. The second kappa shape index (κ2) is 4.83. The van der Waals surface area contributed by atoms with E-state index in [9.17, 15) is 9.59 Å². The molecular formula is C20H17BrN2O4. The molecule has 0 unspecified atom stereocenters. The van der Waals surface area contributed by atoms with Crippen molar-refractivity contribution in [3.63, 3.8) is 0 Å². The molecule has 5 heterocycles. The number of methoxy groups -OCH3 is 1. The van der Waals surface area contributed by atoms with Crippen molar-refractivity contribution in [1.82, 2.24) is 9.88 Å². The Morgan fingerprint density at radius 2 is 2.19 bits per heavy atom. The molecule has 1 spiro atoms. The van der Waals surface area contributed by atoms with Crippen LogP contribution in [0.2, 0.25) is 0 Å². The number of alkyl halides is 1. The highest BCUT2D eigenvalue weighted by molar-refractivity contribution is 9.10. The van der Waals surface area contributed by atoms with Crippen LogP contribution in [-0.2, 0) is 25.5 Å². The number of aromatic nitrogens is 1. The smallest absolute Gasteiger partial charge is 0.328 e. The molecule has 0 radical (unpaired) electrons. The Hall–Kier alpha value is -2.12. The molecule has 2 fully saturated rings. The van der Waals surface area contributed by atoms with Crippen molar-refractivity contribution < 1.29 is 19.1 Å². The van der Waals surface area contributed by atoms with Gasteiger partial charge in [0.25, 0.3) is 0 Å². The standard InChI is InChI=1S/C20H17BrN2O4/c1-26-18(25)14-8-11-10-4-2-3-5-13(10)22-15(11)16-20-7-6-19(21,27-20)9-12(20)17(24)23(14)16/h2-7,12,14,16,22H,8-9H2,1H3/t12-,14-,16-,19+,20-/m0/s1. The number of nitrogens with one attached hydrogen (secondary N) is 1. The minimum atomic E-state index is -0.761. The van der Waals surface area contributed by atoms with Crippen LogP contribution in [0, 0.1) is 5.92 Å². The van der Waals surface area contributed by atoms with Crippen LogP contribution in [0.3, 0.4) is 0 Å². The van der Waals surface area contributed by atoms with Gasteiger partial charge in [0.1, 0.15) is 22.2 Å². The summed E-state index contributed by atoms with van der Waals surface area (Å²) in [4.78, 5) is 31.2. The number of nitrogens with zero attached hydrogens (tertiary/aromatic N) is 1. The lowest BCUT2D eigenvalue weighted by molar-refractivity contribution is -0.155. The van der Waals surface area contributed by atoms with Gasteiger partial charge in [-0.25, -0.2) is 4.79 Å². The Labute approximate surface area is 163 Å². The fourth-order valence-corrected chi connectivity index (χ4v) is 6.23. The summed E-state index contributed by atoms with van der Waals surface area (Å²) in [5.74, 6) is -0.727. The van der Waals surface area contributed by atoms with Crippen LogP contribution in [0.5, 0.6) is 0 Å². The third-order valence-corrected chi connectivity index (χ3v) is 7.30. The van der Waals surface area contributed by atoms with Crippen molar-refractivity contribution in [3.8, 4) is 0 Å². The predicted molar refractivity (Wildman–Crippen MR) is 100 cm³/mol. The fraction of sp³-hybridized carbons (Fsp3) is 0.400. The number of halogens is 1. The molecule has 1 aromatic heterocycles. The fourth-order valence-electron chi connectivity index (χ4n) is 5.49. The molecule has 2 aromatic rings. The van der Waals surface area contributed by atoms with Crippen molar-refractivity contribution in [3.05, 3.63) is 47.7 Å². The SMILES string of the molecule is COC(=O)[C@@H]1Cc2c([nH]c3ccccc23)[C@@H]2N1C(=O)[C@@H]1C[C@@]3(Br)C=C[C@@]21O3. The number of carbonyl (C=O) groups is 2. The maximum atomic E-state index is 13.4. The number of H-pyrrole nitrogens is 1. The van der Waals surface area contributed by atoms with E-state index in [1.54, 1.807) is 4.90 Å². The second-order valence-electron chi connectivity index (χ2n) is 7.79. The molecule has 0 aliphatic carbocycles. The molecule has 7 heteroatoms. The largest absolute Gasteiger partial charge is 0.467 e. The van der Waals surface area contributed by atoms with Crippen LogP contribution >= 0.6 is 15.9 Å². The molecule has 6 nitrogen and oxygen atoms in total. The number of rotatable bonds is 1. The van der Waals surface area contributed by atoms with Gasteiger partial charge in [0.15, 0.2) is 0 Å². The molecule has 4 aliphatic heterocycles. The zero-order valence-corrected chi connectivity index (χ0v) is 16.2. The van der Waals surface area contributed by atoms with Gasteiger partial charge in [-0.15, -0.1) is 0 Å². The van der Waals surface area contributed by atoms with Gasteiger partial charge in [-0.2, -0.15) is 0 Å². The average Bonchev–Trinajstić information content (AvgIpc) is 3.36. The normalized spacial score (nSPS) is 38.2. The maximum absolute atomic E-state index is 13.4. The number of carbonyl (C=O) groups excluding carboxylic acids is 2. The number of aromatic amines is 1. The summed E-state index contributed by atoms with van der Waals surface area (Å²) < 4.78 is 10.9. The highest BCUT2D eigenvalue weighted by Crippen LogP contribution is 2.64. The highest BCUT2D eigenvalue weighted by atomic mass is 79.9. The quantitative estimate of drug-likeness (QED) is 0.430. The van der Waals surface area contributed by atoms with Crippen LogP contribution in [-0.4, -0.2) is 45.0 Å². The van der Waals surface area contributed by atoms with Crippen molar-refractivity contribution in [2.24, 2.45) is 5.92 Å². The van der Waals surface area contributed by atoms with E-state index >= 15 is 0 Å². The van der Waals surface area contributed by atoms with Gasteiger partial charge in [0.2, 0.25) is 5.91 Å². The monoisotopic (exact) mass is 428 g/mol. The van der Waals surface area contributed by atoms with Crippen LogP contribution in [0.15, 0.2) is 36.4 Å². The summed E-state index contributed by atoms with van der Waals surface area (Å²) >= 11 is 3.63. The first-order valence-electron chi connectivity index (χ1n) is 9.06. The van der Waals surface area contributed by atoms with E-state index in [-0.39, 0.29) is 23.8 Å². The molecule has 1 N–H and O–H groups in total. The number of hydrogen-bond donors (Lipinski definition) is 1. The Kier molecular flexibility index (Phi) is 2.84. The topological polar surface area (TPSA) is 71.6 Å². The maximum Gasteiger partial charge on any atom is 0.328 e. The first-order valence-corrected chi connectivity index (χ1v) is 9.86.